The molecule has 1 atom stereocenters. The van der Waals surface area contributed by atoms with Crippen LogP contribution in [0.1, 0.15) is 41.1 Å². The highest BCUT2D eigenvalue weighted by Gasteiger charge is 2.32. The minimum Gasteiger partial charge on any atom is -0.350 e. The summed E-state index contributed by atoms with van der Waals surface area (Å²) < 4.78 is 0. The second-order valence-corrected chi connectivity index (χ2v) is 7.41. The maximum absolute atomic E-state index is 12.0. The standard InChI is InChI=1S/C16H23N3O3S/c1-10-8-13(12(3)23-10)11(2)17-14(20)6-5-7-19-15(21)9-18(4)16(19)22/h8,11H,5-7,9H2,1-4H3,(H,17,20). The van der Waals surface area contributed by atoms with Gasteiger partial charge in [0.15, 0.2) is 0 Å². The number of likely N-dealkylation sites (N-methyl/N-ethyl adjacent to an activating group) is 1. The summed E-state index contributed by atoms with van der Waals surface area (Å²) in [5.41, 5.74) is 1.15. The van der Waals surface area contributed by atoms with Crippen LogP contribution >= 0.6 is 11.3 Å². The molecule has 0 aromatic carbocycles. The lowest BCUT2D eigenvalue weighted by atomic mass is 10.1. The Morgan fingerprint density at radius 2 is 2.09 bits per heavy atom. The van der Waals surface area contributed by atoms with Crippen LogP contribution in [0, 0.1) is 13.8 Å². The zero-order valence-electron chi connectivity index (χ0n) is 14.0. The molecule has 0 aliphatic carbocycles. The lowest BCUT2D eigenvalue weighted by Gasteiger charge is -2.16. The molecule has 1 saturated heterocycles. The molecule has 0 saturated carbocycles. The maximum atomic E-state index is 12.0. The van der Waals surface area contributed by atoms with Crippen molar-refractivity contribution >= 4 is 29.2 Å². The second kappa shape index (κ2) is 7.12. The van der Waals surface area contributed by atoms with Crippen LogP contribution in [0.15, 0.2) is 6.07 Å². The molecule has 0 spiro atoms. The van der Waals surface area contributed by atoms with Crippen molar-refractivity contribution in [3.05, 3.63) is 21.4 Å². The highest BCUT2D eigenvalue weighted by Crippen LogP contribution is 2.26. The first-order chi connectivity index (χ1) is 10.8. The predicted octanol–water partition coefficient (Wildman–Crippen LogP) is 2.22. The van der Waals surface area contributed by atoms with E-state index < -0.39 is 0 Å². The first kappa shape index (κ1) is 17.5. The van der Waals surface area contributed by atoms with E-state index in [0.29, 0.717) is 19.4 Å². The lowest BCUT2D eigenvalue weighted by Crippen LogP contribution is -2.33. The lowest BCUT2D eigenvalue weighted by molar-refractivity contribution is -0.126. The molecule has 23 heavy (non-hydrogen) atoms. The quantitative estimate of drug-likeness (QED) is 0.809. The number of hydrogen-bond acceptors (Lipinski definition) is 4. The van der Waals surface area contributed by atoms with Crippen LogP contribution in [-0.4, -0.2) is 47.8 Å². The van der Waals surface area contributed by atoms with Gasteiger partial charge in [0.05, 0.1) is 6.04 Å². The molecule has 0 radical (unpaired) electrons. The number of hydrogen-bond donors (Lipinski definition) is 1. The molecule has 2 heterocycles. The Bertz CT molecular complexity index is 626. The zero-order chi connectivity index (χ0) is 17.1. The molecule has 1 aromatic rings. The third-order valence-corrected chi connectivity index (χ3v) is 4.92. The Morgan fingerprint density at radius 3 is 2.61 bits per heavy atom. The van der Waals surface area contributed by atoms with Crippen molar-refractivity contribution < 1.29 is 14.4 Å². The van der Waals surface area contributed by atoms with Gasteiger partial charge in [-0.05, 0) is 38.8 Å². The summed E-state index contributed by atoms with van der Waals surface area (Å²) in [7, 11) is 1.60. The van der Waals surface area contributed by atoms with Gasteiger partial charge in [-0.3, -0.25) is 14.5 Å². The average molecular weight is 337 g/mol. The van der Waals surface area contributed by atoms with Crippen LogP contribution in [0.4, 0.5) is 4.79 Å². The molecule has 1 aliphatic rings. The molecule has 0 bridgehead atoms. The summed E-state index contributed by atoms with van der Waals surface area (Å²) in [6.07, 6.45) is 0.777. The molecular weight excluding hydrogens is 314 g/mol. The van der Waals surface area contributed by atoms with Crippen molar-refractivity contribution in [3.8, 4) is 0 Å². The number of amides is 4. The Labute approximate surface area is 140 Å². The first-order valence-corrected chi connectivity index (χ1v) is 8.53. The molecule has 1 N–H and O–H groups in total. The van der Waals surface area contributed by atoms with Gasteiger partial charge in [-0.25, -0.2) is 4.79 Å². The van der Waals surface area contributed by atoms with Gasteiger partial charge in [0.1, 0.15) is 6.54 Å². The number of nitrogens with one attached hydrogen (secondary N) is 1. The third kappa shape index (κ3) is 4.10. The molecule has 1 fully saturated rings. The van der Waals surface area contributed by atoms with E-state index in [1.54, 1.807) is 18.4 Å². The smallest absolute Gasteiger partial charge is 0.326 e. The molecule has 1 aromatic heterocycles. The van der Waals surface area contributed by atoms with E-state index >= 15 is 0 Å². The average Bonchev–Trinajstić information content (AvgIpc) is 2.92. The van der Waals surface area contributed by atoms with Crippen LogP contribution in [0.5, 0.6) is 0 Å². The van der Waals surface area contributed by atoms with E-state index in [4.69, 9.17) is 0 Å². The van der Waals surface area contributed by atoms with Gasteiger partial charge >= 0.3 is 6.03 Å². The summed E-state index contributed by atoms with van der Waals surface area (Å²) in [6, 6.07) is 1.78. The van der Waals surface area contributed by atoms with Crippen LogP contribution in [-0.2, 0) is 9.59 Å². The largest absolute Gasteiger partial charge is 0.350 e. The van der Waals surface area contributed by atoms with E-state index in [2.05, 4.69) is 25.2 Å². The van der Waals surface area contributed by atoms with Crippen LogP contribution in [0.25, 0.3) is 0 Å². The minimum absolute atomic E-state index is 0.0337. The number of thiophene rings is 1. The molecule has 1 unspecified atom stereocenters. The molecule has 2 rings (SSSR count). The Hall–Kier alpha value is -1.89. The van der Waals surface area contributed by atoms with Crippen molar-refractivity contribution in [2.24, 2.45) is 0 Å². The molecule has 7 heteroatoms. The van der Waals surface area contributed by atoms with Gasteiger partial charge in [-0.1, -0.05) is 0 Å². The van der Waals surface area contributed by atoms with Crippen LogP contribution < -0.4 is 5.32 Å². The predicted molar refractivity (Wildman–Crippen MR) is 89.3 cm³/mol. The third-order valence-electron chi connectivity index (χ3n) is 3.94. The molecule has 4 amide bonds. The SMILES string of the molecule is Cc1cc(C(C)NC(=O)CCCN2C(=O)CN(C)C2=O)c(C)s1. The van der Waals surface area contributed by atoms with E-state index in [-0.39, 0.29) is 30.4 Å². The summed E-state index contributed by atoms with van der Waals surface area (Å²) >= 11 is 1.72. The molecule has 6 nitrogen and oxygen atoms in total. The fraction of sp³-hybridized carbons (Fsp3) is 0.562. The number of rotatable bonds is 6. The topological polar surface area (TPSA) is 69.7 Å². The number of carbonyl (C=O) groups is 3. The van der Waals surface area contributed by atoms with E-state index in [0.717, 1.165) is 5.56 Å². The monoisotopic (exact) mass is 337 g/mol. The highest BCUT2D eigenvalue weighted by molar-refractivity contribution is 7.12. The normalized spacial score (nSPS) is 16.2. The molecule has 1 aliphatic heterocycles. The first-order valence-electron chi connectivity index (χ1n) is 7.71. The van der Waals surface area contributed by atoms with Crippen molar-refractivity contribution in [1.29, 1.82) is 0 Å². The summed E-state index contributed by atoms with van der Waals surface area (Å²) in [5, 5.41) is 2.98. The van der Waals surface area contributed by atoms with Crippen molar-refractivity contribution in [2.45, 2.75) is 39.7 Å². The second-order valence-electron chi connectivity index (χ2n) is 5.95. The van der Waals surface area contributed by atoms with Crippen molar-refractivity contribution in [3.63, 3.8) is 0 Å². The van der Waals surface area contributed by atoms with E-state index in [1.165, 1.54) is 19.6 Å². The van der Waals surface area contributed by atoms with Gasteiger partial charge in [-0.15, -0.1) is 11.3 Å². The van der Waals surface area contributed by atoms with Gasteiger partial charge < -0.3 is 10.2 Å². The number of urea groups is 1. The molecular formula is C16H23N3O3S. The number of nitrogens with zero attached hydrogens (tertiary/aromatic N) is 2. The summed E-state index contributed by atoms with van der Waals surface area (Å²) in [6.45, 7) is 6.49. The Balaban J connectivity index is 1.78. The van der Waals surface area contributed by atoms with Gasteiger partial charge in [-0.2, -0.15) is 0 Å². The fourth-order valence-electron chi connectivity index (χ4n) is 2.76. The highest BCUT2D eigenvalue weighted by atomic mass is 32.1. The fourth-order valence-corrected chi connectivity index (χ4v) is 3.78. The Kier molecular flexibility index (Phi) is 5.41. The summed E-state index contributed by atoms with van der Waals surface area (Å²) in [4.78, 5) is 40.4. The Morgan fingerprint density at radius 1 is 1.39 bits per heavy atom. The van der Waals surface area contributed by atoms with Crippen LogP contribution in [0.3, 0.4) is 0 Å². The van der Waals surface area contributed by atoms with Gasteiger partial charge in [0.2, 0.25) is 11.8 Å². The number of carbonyl (C=O) groups excluding carboxylic acids is 3. The van der Waals surface area contributed by atoms with E-state index in [1.807, 2.05) is 6.92 Å². The van der Waals surface area contributed by atoms with Gasteiger partial charge in [0, 0.05) is 29.8 Å². The van der Waals surface area contributed by atoms with Gasteiger partial charge in [0.25, 0.3) is 0 Å². The number of imide groups is 1. The van der Waals surface area contributed by atoms with Crippen molar-refractivity contribution in [1.82, 2.24) is 15.1 Å². The number of aryl methyl sites for hydroxylation is 2. The van der Waals surface area contributed by atoms with Crippen LogP contribution in [0.2, 0.25) is 0 Å². The minimum atomic E-state index is -0.284. The zero-order valence-corrected chi connectivity index (χ0v) is 14.8. The summed E-state index contributed by atoms with van der Waals surface area (Å²) in [5.74, 6) is -0.260. The van der Waals surface area contributed by atoms with Crippen molar-refractivity contribution in [2.75, 3.05) is 20.1 Å². The van der Waals surface area contributed by atoms with E-state index in [9.17, 15) is 14.4 Å². The maximum Gasteiger partial charge on any atom is 0.326 e. The molecule has 126 valence electrons.